The first kappa shape index (κ1) is 11.7. The third-order valence-corrected chi connectivity index (χ3v) is 2.45. The van der Waals surface area contributed by atoms with E-state index in [-0.39, 0.29) is 0 Å². The number of nitrogens with zero attached hydrogens (tertiary/aromatic N) is 3. The Hall–Kier alpha value is -1.75. The predicted octanol–water partition coefficient (Wildman–Crippen LogP) is 1.94. The first-order valence-electron chi connectivity index (χ1n) is 5.75. The standard InChI is InChI=1S/C12H16N4O/c1-3-5-13-8-11-15-12(16-17-11)10-7-14-6-4-9(10)2/h4,6-7,13H,3,5,8H2,1-2H3. The van der Waals surface area contributed by atoms with Crippen molar-refractivity contribution in [1.29, 1.82) is 0 Å². The lowest BCUT2D eigenvalue weighted by molar-refractivity contribution is 0.368. The van der Waals surface area contributed by atoms with Crippen LogP contribution in [0.25, 0.3) is 11.4 Å². The van der Waals surface area contributed by atoms with Crippen LogP contribution in [0.1, 0.15) is 24.8 Å². The summed E-state index contributed by atoms with van der Waals surface area (Å²) < 4.78 is 5.17. The summed E-state index contributed by atoms with van der Waals surface area (Å²) in [7, 11) is 0. The van der Waals surface area contributed by atoms with Crippen LogP contribution < -0.4 is 5.32 Å². The molecule has 90 valence electrons. The van der Waals surface area contributed by atoms with Crippen LogP contribution in [0.2, 0.25) is 0 Å². The van der Waals surface area contributed by atoms with Crippen molar-refractivity contribution in [2.24, 2.45) is 0 Å². The van der Waals surface area contributed by atoms with E-state index in [1.807, 2.05) is 13.0 Å². The second-order valence-corrected chi connectivity index (χ2v) is 3.88. The number of aryl methyl sites for hydroxylation is 1. The Kier molecular flexibility index (Phi) is 3.82. The van der Waals surface area contributed by atoms with Gasteiger partial charge in [0.15, 0.2) is 0 Å². The monoisotopic (exact) mass is 232 g/mol. The number of rotatable bonds is 5. The van der Waals surface area contributed by atoms with Crippen molar-refractivity contribution < 1.29 is 4.52 Å². The number of aromatic nitrogens is 3. The minimum absolute atomic E-state index is 0.601. The van der Waals surface area contributed by atoms with Crippen LogP contribution in [0.5, 0.6) is 0 Å². The van der Waals surface area contributed by atoms with Crippen LogP contribution in [0.15, 0.2) is 23.0 Å². The molecule has 1 N–H and O–H groups in total. The Morgan fingerprint density at radius 2 is 2.29 bits per heavy atom. The lowest BCUT2D eigenvalue weighted by atomic mass is 10.1. The summed E-state index contributed by atoms with van der Waals surface area (Å²) in [6.07, 6.45) is 4.59. The third kappa shape index (κ3) is 2.88. The molecule has 0 radical (unpaired) electrons. The molecule has 5 nitrogen and oxygen atoms in total. The summed E-state index contributed by atoms with van der Waals surface area (Å²) in [6, 6.07) is 1.93. The zero-order valence-electron chi connectivity index (χ0n) is 10.1. The van der Waals surface area contributed by atoms with Crippen LogP contribution in [0.4, 0.5) is 0 Å². The van der Waals surface area contributed by atoms with Gasteiger partial charge in [0.1, 0.15) is 0 Å². The molecular weight excluding hydrogens is 216 g/mol. The van der Waals surface area contributed by atoms with E-state index in [4.69, 9.17) is 4.52 Å². The summed E-state index contributed by atoms with van der Waals surface area (Å²) in [5.41, 5.74) is 2.01. The summed E-state index contributed by atoms with van der Waals surface area (Å²) in [6.45, 7) is 5.68. The van der Waals surface area contributed by atoms with Crippen LogP contribution in [0.3, 0.4) is 0 Å². The molecule has 2 heterocycles. The molecule has 0 aliphatic heterocycles. The maximum atomic E-state index is 5.17. The van der Waals surface area contributed by atoms with Crippen LogP contribution in [-0.2, 0) is 6.54 Å². The van der Waals surface area contributed by atoms with Gasteiger partial charge >= 0.3 is 0 Å². The molecule has 0 aliphatic carbocycles. The predicted molar refractivity (Wildman–Crippen MR) is 64.3 cm³/mol. The summed E-state index contributed by atoms with van der Waals surface area (Å²) in [4.78, 5) is 8.40. The first-order valence-corrected chi connectivity index (χ1v) is 5.75. The minimum atomic E-state index is 0.601. The molecule has 0 amide bonds. The second-order valence-electron chi connectivity index (χ2n) is 3.88. The van der Waals surface area contributed by atoms with E-state index in [2.05, 4.69) is 27.4 Å². The van der Waals surface area contributed by atoms with Crippen LogP contribution in [-0.4, -0.2) is 21.7 Å². The average molecular weight is 232 g/mol. The zero-order chi connectivity index (χ0) is 12.1. The van der Waals surface area contributed by atoms with Crippen LogP contribution in [0, 0.1) is 6.92 Å². The normalized spacial score (nSPS) is 10.7. The average Bonchev–Trinajstić information content (AvgIpc) is 2.79. The van der Waals surface area contributed by atoms with Gasteiger partial charge in [0.2, 0.25) is 11.7 Å². The largest absolute Gasteiger partial charge is 0.338 e. The van der Waals surface area contributed by atoms with Crippen molar-refractivity contribution in [3.8, 4) is 11.4 Å². The number of pyridine rings is 1. The van der Waals surface area contributed by atoms with E-state index in [9.17, 15) is 0 Å². The first-order chi connectivity index (χ1) is 8.31. The van der Waals surface area contributed by atoms with Gasteiger partial charge in [-0.2, -0.15) is 4.98 Å². The van der Waals surface area contributed by atoms with E-state index in [0.717, 1.165) is 24.1 Å². The molecule has 5 heteroatoms. The molecule has 0 unspecified atom stereocenters. The highest BCUT2D eigenvalue weighted by molar-refractivity contribution is 5.57. The van der Waals surface area contributed by atoms with Crippen molar-refractivity contribution in [2.45, 2.75) is 26.8 Å². The summed E-state index contributed by atoms with van der Waals surface area (Å²) in [5, 5.41) is 7.18. The fourth-order valence-corrected chi connectivity index (χ4v) is 1.51. The van der Waals surface area contributed by atoms with Gasteiger partial charge in [-0.25, -0.2) is 0 Å². The fourth-order valence-electron chi connectivity index (χ4n) is 1.51. The minimum Gasteiger partial charge on any atom is -0.338 e. The second kappa shape index (κ2) is 5.54. The third-order valence-electron chi connectivity index (χ3n) is 2.45. The van der Waals surface area contributed by atoms with E-state index in [0.29, 0.717) is 18.3 Å². The highest BCUT2D eigenvalue weighted by Crippen LogP contribution is 2.18. The Morgan fingerprint density at radius 1 is 1.41 bits per heavy atom. The molecule has 0 bridgehead atoms. The van der Waals surface area contributed by atoms with Gasteiger partial charge in [-0.05, 0) is 31.5 Å². The number of hydrogen-bond donors (Lipinski definition) is 1. The molecular formula is C12H16N4O. The highest BCUT2D eigenvalue weighted by atomic mass is 16.5. The molecule has 2 aromatic heterocycles. The zero-order valence-corrected chi connectivity index (χ0v) is 10.1. The van der Waals surface area contributed by atoms with E-state index in [1.54, 1.807) is 12.4 Å². The molecule has 2 rings (SSSR count). The SMILES string of the molecule is CCCNCc1nc(-c2cnccc2C)no1. The van der Waals surface area contributed by atoms with Crippen molar-refractivity contribution in [3.63, 3.8) is 0 Å². The fraction of sp³-hybridized carbons (Fsp3) is 0.417. The quantitative estimate of drug-likeness (QED) is 0.798. The van der Waals surface area contributed by atoms with Crippen molar-refractivity contribution >= 4 is 0 Å². The lowest BCUT2D eigenvalue weighted by Crippen LogP contribution is -2.13. The molecule has 0 aliphatic rings. The van der Waals surface area contributed by atoms with Gasteiger partial charge in [-0.15, -0.1) is 0 Å². The van der Waals surface area contributed by atoms with Gasteiger partial charge in [0.25, 0.3) is 0 Å². The maximum Gasteiger partial charge on any atom is 0.240 e. The van der Waals surface area contributed by atoms with Crippen molar-refractivity contribution in [1.82, 2.24) is 20.4 Å². The molecule has 2 aromatic rings. The van der Waals surface area contributed by atoms with E-state index < -0.39 is 0 Å². The molecule has 0 spiro atoms. The Bertz CT molecular complexity index is 481. The van der Waals surface area contributed by atoms with Gasteiger partial charge < -0.3 is 9.84 Å². The number of hydrogen-bond acceptors (Lipinski definition) is 5. The van der Waals surface area contributed by atoms with Gasteiger partial charge in [0, 0.05) is 18.0 Å². The molecule has 0 atom stereocenters. The van der Waals surface area contributed by atoms with Gasteiger partial charge in [-0.3, -0.25) is 4.98 Å². The maximum absolute atomic E-state index is 5.17. The molecule has 0 saturated heterocycles. The molecule has 17 heavy (non-hydrogen) atoms. The number of nitrogens with one attached hydrogen (secondary N) is 1. The molecule has 0 saturated carbocycles. The molecule has 0 aromatic carbocycles. The van der Waals surface area contributed by atoms with Gasteiger partial charge in [-0.1, -0.05) is 12.1 Å². The van der Waals surface area contributed by atoms with Crippen molar-refractivity contribution in [3.05, 3.63) is 29.9 Å². The Morgan fingerprint density at radius 3 is 3.06 bits per heavy atom. The van der Waals surface area contributed by atoms with E-state index in [1.165, 1.54) is 0 Å². The lowest BCUT2D eigenvalue weighted by Gasteiger charge is -1.97. The summed E-state index contributed by atoms with van der Waals surface area (Å²) in [5.74, 6) is 1.21. The Balaban J connectivity index is 2.10. The molecule has 0 fully saturated rings. The topological polar surface area (TPSA) is 63.8 Å². The van der Waals surface area contributed by atoms with Gasteiger partial charge in [0.05, 0.1) is 6.54 Å². The summed E-state index contributed by atoms with van der Waals surface area (Å²) >= 11 is 0. The smallest absolute Gasteiger partial charge is 0.240 e. The highest BCUT2D eigenvalue weighted by Gasteiger charge is 2.10. The van der Waals surface area contributed by atoms with Crippen molar-refractivity contribution in [2.75, 3.05) is 6.54 Å². The van der Waals surface area contributed by atoms with E-state index >= 15 is 0 Å². The Labute approximate surface area is 100 Å². The van der Waals surface area contributed by atoms with Crippen LogP contribution >= 0.6 is 0 Å².